The first-order valence-electron chi connectivity index (χ1n) is 5.37. The van der Waals surface area contributed by atoms with Gasteiger partial charge in [0.25, 0.3) is 5.69 Å². The maximum atomic E-state index is 11.0. The molecular formula is C12H10BrNO3S2. The highest BCUT2D eigenvalue weighted by molar-refractivity contribution is 9.10. The topological polar surface area (TPSA) is 63.4 Å². The molecular weight excluding hydrogens is 350 g/mol. The molecule has 0 unspecified atom stereocenters. The van der Waals surface area contributed by atoms with Gasteiger partial charge in [0.1, 0.15) is 4.21 Å². The minimum absolute atomic E-state index is 0.0432. The van der Waals surface area contributed by atoms with Crippen molar-refractivity contribution in [3.05, 3.63) is 49.8 Å². The van der Waals surface area contributed by atoms with Crippen LogP contribution in [0.15, 0.2) is 43.9 Å². The van der Waals surface area contributed by atoms with E-state index in [1.54, 1.807) is 6.92 Å². The first-order valence-corrected chi connectivity index (χ1v) is 7.80. The van der Waals surface area contributed by atoms with Gasteiger partial charge in [-0.05, 0) is 35.0 Å². The number of thiophene rings is 1. The van der Waals surface area contributed by atoms with Crippen LogP contribution in [0.1, 0.15) is 17.9 Å². The molecule has 0 fully saturated rings. The molecule has 0 saturated heterocycles. The van der Waals surface area contributed by atoms with Crippen LogP contribution in [-0.2, 0) is 0 Å². The fraction of sp³-hybridized carbons (Fsp3) is 0.167. The van der Waals surface area contributed by atoms with Gasteiger partial charge in [0, 0.05) is 20.3 Å². The lowest BCUT2D eigenvalue weighted by molar-refractivity contribution is -0.387. The summed E-state index contributed by atoms with van der Waals surface area (Å²) in [6, 6.07) is 8.98. The predicted molar refractivity (Wildman–Crippen MR) is 79.9 cm³/mol. The van der Waals surface area contributed by atoms with Crippen molar-refractivity contribution in [3.63, 3.8) is 0 Å². The second-order valence-electron chi connectivity index (χ2n) is 3.79. The van der Waals surface area contributed by atoms with Crippen molar-refractivity contribution < 1.29 is 10.0 Å². The standard InChI is InChI=1S/C12H10BrNO3S2/c1-7(15)11-6-9(14(16)17)12(19-11)18-10-5-3-2-4-8(10)13/h2-7,15H,1H3/t7-/m0/s1. The van der Waals surface area contributed by atoms with E-state index < -0.39 is 11.0 Å². The van der Waals surface area contributed by atoms with Gasteiger partial charge >= 0.3 is 0 Å². The summed E-state index contributed by atoms with van der Waals surface area (Å²) in [7, 11) is 0. The number of nitro groups is 1. The Labute approximate surface area is 126 Å². The lowest BCUT2D eigenvalue weighted by Gasteiger charge is -2.01. The fourth-order valence-electron chi connectivity index (χ4n) is 1.42. The highest BCUT2D eigenvalue weighted by atomic mass is 79.9. The second-order valence-corrected chi connectivity index (χ2v) is 7.04. The minimum Gasteiger partial charge on any atom is -0.388 e. The van der Waals surface area contributed by atoms with Crippen LogP contribution in [0.4, 0.5) is 5.69 Å². The number of nitrogens with zero attached hydrogens (tertiary/aromatic N) is 1. The summed E-state index contributed by atoms with van der Waals surface area (Å²) in [5.74, 6) is 0. The summed E-state index contributed by atoms with van der Waals surface area (Å²) in [6.07, 6.45) is -0.697. The second kappa shape index (κ2) is 6.04. The molecule has 0 bridgehead atoms. The predicted octanol–water partition coefficient (Wildman–Crippen LogP) is 4.62. The van der Waals surface area contributed by atoms with Gasteiger partial charge in [0.15, 0.2) is 0 Å². The molecule has 2 aromatic rings. The summed E-state index contributed by atoms with van der Waals surface area (Å²) in [4.78, 5) is 12.1. The molecule has 1 aromatic carbocycles. The molecule has 1 heterocycles. The number of aliphatic hydroxyl groups excluding tert-OH is 1. The molecule has 0 radical (unpaired) electrons. The van der Waals surface area contributed by atoms with E-state index in [1.807, 2.05) is 24.3 Å². The SMILES string of the molecule is C[C@H](O)c1cc([N+](=O)[O-])c(Sc2ccccc2Br)s1. The Kier molecular flexibility index (Phi) is 4.62. The zero-order chi connectivity index (χ0) is 14.0. The molecule has 1 N–H and O–H groups in total. The first-order chi connectivity index (χ1) is 8.99. The van der Waals surface area contributed by atoms with Crippen molar-refractivity contribution in [1.29, 1.82) is 0 Å². The van der Waals surface area contributed by atoms with Crippen LogP contribution in [0.3, 0.4) is 0 Å². The van der Waals surface area contributed by atoms with Crippen LogP contribution in [-0.4, -0.2) is 10.0 Å². The highest BCUT2D eigenvalue weighted by Crippen LogP contribution is 2.44. The number of hydrogen-bond acceptors (Lipinski definition) is 5. The van der Waals surface area contributed by atoms with E-state index in [0.29, 0.717) is 9.09 Å². The number of halogens is 1. The molecule has 0 spiro atoms. The van der Waals surface area contributed by atoms with Gasteiger partial charge in [-0.15, -0.1) is 11.3 Å². The van der Waals surface area contributed by atoms with Crippen LogP contribution in [0, 0.1) is 10.1 Å². The van der Waals surface area contributed by atoms with Gasteiger partial charge < -0.3 is 5.11 Å². The zero-order valence-corrected chi connectivity index (χ0v) is 13.1. The summed E-state index contributed by atoms with van der Waals surface area (Å²) in [5.41, 5.74) is 0.0432. The molecule has 1 atom stereocenters. The monoisotopic (exact) mass is 359 g/mol. The van der Waals surface area contributed by atoms with E-state index in [0.717, 1.165) is 9.37 Å². The van der Waals surface area contributed by atoms with Gasteiger partial charge in [-0.1, -0.05) is 23.9 Å². The minimum atomic E-state index is -0.697. The molecule has 19 heavy (non-hydrogen) atoms. The van der Waals surface area contributed by atoms with Gasteiger partial charge in [-0.3, -0.25) is 10.1 Å². The number of aliphatic hydroxyl groups is 1. The van der Waals surface area contributed by atoms with Crippen molar-refractivity contribution >= 4 is 44.7 Å². The van der Waals surface area contributed by atoms with Crippen LogP contribution in [0.5, 0.6) is 0 Å². The fourth-order valence-corrected chi connectivity index (χ4v) is 4.21. The Morgan fingerprint density at radius 3 is 2.74 bits per heavy atom. The molecule has 1 aromatic heterocycles. The summed E-state index contributed by atoms with van der Waals surface area (Å²) >= 11 is 5.99. The number of benzene rings is 1. The van der Waals surface area contributed by atoms with Crippen molar-refractivity contribution in [1.82, 2.24) is 0 Å². The van der Waals surface area contributed by atoms with Gasteiger partial charge in [-0.2, -0.15) is 0 Å². The van der Waals surface area contributed by atoms with Crippen molar-refractivity contribution in [2.45, 2.75) is 22.1 Å². The first kappa shape index (κ1) is 14.5. The van der Waals surface area contributed by atoms with Crippen molar-refractivity contribution in [2.24, 2.45) is 0 Å². The van der Waals surface area contributed by atoms with Crippen LogP contribution < -0.4 is 0 Å². The van der Waals surface area contributed by atoms with E-state index in [2.05, 4.69) is 15.9 Å². The maximum absolute atomic E-state index is 11.0. The molecule has 0 aliphatic carbocycles. The van der Waals surface area contributed by atoms with Gasteiger partial charge in [0.05, 0.1) is 11.0 Å². The summed E-state index contributed by atoms with van der Waals surface area (Å²) in [6.45, 7) is 1.60. The van der Waals surface area contributed by atoms with Gasteiger partial charge in [0.2, 0.25) is 0 Å². The third-order valence-electron chi connectivity index (χ3n) is 2.35. The Bertz CT molecular complexity index is 613. The summed E-state index contributed by atoms with van der Waals surface area (Å²) < 4.78 is 1.47. The smallest absolute Gasteiger partial charge is 0.294 e. The lowest BCUT2D eigenvalue weighted by atomic mass is 10.3. The van der Waals surface area contributed by atoms with Crippen LogP contribution in [0.25, 0.3) is 0 Å². The quantitative estimate of drug-likeness (QED) is 0.638. The van der Waals surface area contributed by atoms with E-state index in [9.17, 15) is 15.2 Å². The zero-order valence-electron chi connectivity index (χ0n) is 9.87. The largest absolute Gasteiger partial charge is 0.388 e. The van der Waals surface area contributed by atoms with E-state index in [-0.39, 0.29) is 5.69 Å². The Hall–Kier alpha value is -0.890. The van der Waals surface area contributed by atoms with E-state index >= 15 is 0 Å². The molecule has 100 valence electrons. The van der Waals surface area contributed by atoms with E-state index in [1.165, 1.54) is 29.2 Å². The van der Waals surface area contributed by atoms with Crippen molar-refractivity contribution in [2.75, 3.05) is 0 Å². The van der Waals surface area contributed by atoms with Gasteiger partial charge in [-0.25, -0.2) is 0 Å². The number of rotatable bonds is 4. The van der Waals surface area contributed by atoms with Crippen LogP contribution >= 0.6 is 39.0 Å². The molecule has 0 aliphatic heterocycles. The Morgan fingerprint density at radius 2 is 2.16 bits per heavy atom. The molecule has 7 heteroatoms. The number of hydrogen-bond donors (Lipinski definition) is 1. The molecule has 0 saturated carbocycles. The van der Waals surface area contributed by atoms with Crippen molar-refractivity contribution in [3.8, 4) is 0 Å². The average Bonchev–Trinajstić information content (AvgIpc) is 2.76. The molecule has 0 amide bonds. The third kappa shape index (κ3) is 3.36. The average molecular weight is 360 g/mol. The molecule has 2 rings (SSSR count). The molecule has 0 aliphatic rings. The van der Waals surface area contributed by atoms with E-state index in [4.69, 9.17) is 0 Å². The normalized spacial score (nSPS) is 12.4. The Morgan fingerprint density at radius 1 is 1.47 bits per heavy atom. The van der Waals surface area contributed by atoms with Crippen LogP contribution in [0.2, 0.25) is 0 Å². The summed E-state index contributed by atoms with van der Waals surface area (Å²) in [5, 5.41) is 20.6. The lowest BCUT2D eigenvalue weighted by Crippen LogP contribution is -1.87. The Balaban J connectivity index is 2.39. The molecule has 4 nitrogen and oxygen atoms in total. The maximum Gasteiger partial charge on any atom is 0.294 e. The third-order valence-corrected chi connectivity index (χ3v) is 5.86. The highest BCUT2D eigenvalue weighted by Gasteiger charge is 2.22.